The number of benzene rings is 1. The molecule has 4 heterocycles. The van der Waals surface area contributed by atoms with Crippen molar-refractivity contribution in [2.75, 3.05) is 0 Å². The third kappa shape index (κ3) is 5.35. The molecule has 1 aromatic carbocycles. The van der Waals surface area contributed by atoms with Crippen molar-refractivity contribution in [3.63, 3.8) is 0 Å². The molecule has 0 spiro atoms. The zero-order valence-corrected chi connectivity index (χ0v) is 25.1. The smallest absolute Gasteiger partial charge is 0.338 e. The molecule has 3 aromatic rings. The van der Waals surface area contributed by atoms with Gasteiger partial charge in [0, 0.05) is 29.8 Å². The van der Waals surface area contributed by atoms with E-state index in [0.717, 1.165) is 67.7 Å². The van der Waals surface area contributed by atoms with Gasteiger partial charge in [0.05, 0.1) is 11.8 Å². The van der Waals surface area contributed by atoms with Crippen molar-refractivity contribution in [2.24, 2.45) is 5.92 Å². The fourth-order valence-electron chi connectivity index (χ4n) is 6.93. The van der Waals surface area contributed by atoms with Gasteiger partial charge in [-0.15, -0.1) is 5.10 Å². The van der Waals surface area contributed by atoms with Crippen LogP contribution < -0.4 is 0 Å². The Morgan fingerprint density at radius 2 is 1.93 bits per heavy atom. The Morgan fingerprint density at radius 3 is 2.67 bits per heavy atom. The zero-order chi connectivity index (χ0) is 29.4. The minimum atomic E-state index is -0.718. The first-order chi connectivity index (χ1) is 20.3. The summed E-state index contributed by atoms with van der Waals surface area (Å²) in [6.45, 7) is 8.14. The Bertz CT molecular complexity index is 1630. The van der Waals surface area contributed by atoms with Gasteiger partial charge in [-0.3, -0.25) is 0 Å². The Labute approximate surface area is 247 Å². The van der Waals surface area contributed by atoms with Gasteiger partial charge in [0.2, 0.25) is 0 Å². The number of cyclic esters (lactones) is 1. The molecule has 2 aliphatic heterocycles. The number of carbonyl (C=O) groups excluding carboxylic acids is 1. The van der Waals surface area contributed by atoms with Crippen molar-refractivity contribution in [1.29, 1.82) is 0 Å². The van der Waals surface area contributed by atoms with E-state index in [4.69, 9.17) is 9.47 Å². The van der Waals surface area contributed by atoms with E-state index in [0.29, 0.717) is 24.4 Å². The normalized spacial score (nSPS) is 21.4. The van der Waals surface area contributed by atoms with Gasteiger partial charge in [0.25, 0.3) is 5.78 Å². The number of aliphatic hydroxyl groups is 1. The van der Waals surface area contributed by atoms with Crippen molar-refractivity contribution >= 4 is 17.5 Å². The van der Waals surface area contributed by atoms with E-state index in [9.17, 15) is 9.90 Å². The number of allylic oxidation sites excluding steroid dienone is 2. The number of fused-ring (bicyclic) bond motifs is 1. The van der Waals surface area contributed by atoms with Crippen LogP contribution in [0.15, 0.2) is 53.5 Å². The highest BCUT2D eigenvalue weighted by molar-refractivity contribution is 5.90. The molecule has 8 nitrogen and oxygen atoms in total. The first-order valence-corrected chi connectivity index (χ1v) is 15.2. The summed E-state index contributed by atoms with van der Waals surface area (Å²) in [5.41, 5.74) is 6.12. The fraction of sp³-hybridized carbons (Fsp3) is 0.471. The van der Waals surface area contributed by atoms with Crippen LogP contribution in [0.25, 0.3) is 11.5 Å². The molecule has 6 rings (SSSR count). The molecule has 0 amide bonds. The van der Waals surface area contributed by atoms with Gasteiger partial charge < -0.3 is 14.6 Å². The van der Waals surface area contributed by atoms with Crippen molar-refractivity contribution in [2.45, 2.75) is 97.5 Å². The van der Waals surface area contributed by atoms with E-state index in [1.807, 2.05) is 26.0 Å². The van der Waals surface area contributed by atoms with Crippen LogP contribution in [-0.4, -0.2) is 36.3 Å². The second kappa shape index (κ2) is 11.4. The molecule has 8 heteroatoms. The summed E-state index contributed by atoms with van der Waals surface area (Å²) in [4.78, 5) is 22.5. The molecule has 0 radical (unpaired) electrons. The third-order valence-electron chi connectivity index (χ3n) is 9.18. The van der Waals surface area contributed by atoms with Gasteiger partial charge in [0.1, 0.15) is 17.1 Å². The first kappa shape index (κ1) is 28.2. The van der Waals surface area contributed by atoms with E-state index in [1.165, 1.54) is 16.7 Å². The second-order valence-electron chi connectivity index (χ2n) is 12.1. The van der Waals surface area contributed by atoms with Crippen LogP contribution in [0.4, 0.5) is 0 Å². The van der Waals surface area contributed by atoms with E-state index in [2.05, 4.69) is 47.1 Å². The van der Waals surface area contributed by atoms with Crippen LogP contribution in [0.1, 0.15) is 92.7 Å². The lowest BCUT2D eigenvalue weighted by Crippen LogP contribution is -2.46. The number of hydrogen-bond donors (Lipinski definition) is 1. The van der Waals surface area contributed by atoms with Crippen LogP contribution in [0.2, 0.25) is 0 Å². The molecule has 42 heavy (non-hydrogen) atoms. The molecule has 3 aliphatic rings. The minimum absolute atomic E-state index is 0.104. The monoisotopic (exact) mass is 568 g/mol. The lowest BCUT2D eigenvalue weighted by molar-refractivity contribution is -0.167. The molecule has 1 atom stereocenters. The molecular formula is C34H40N4O4. The summed E-state index contributed by atoms with van der Waals surface area (Å²) in [5, 5.41) is 15.9. The maximum atomic E-state index is 13.5. The van der Waals surface area contributed by atoms with Gasteiger partial charge in [-0.1, -0.05) is 38.0 Å². The van der Waals surface area contributed by atoms with E-state index >= 15 is 0 Å². The Kier molecular flexibility index (Phi) is 7.64. The van der Waals surface area contributed by atoms with Crippen LogP contribution in [0.3, 0.4) is 0 Å². The highest BCUT2D eigenvalue weighted by Gasteiger charge is 2.48. The average Bonchev–Trinajstić information content (AvgIpc) is 3.65. The zero-order valence-electron chi connectivity index (χ0n) is 25.1. The number of rotatable bonds is 8. The van der Waals surface area contributed by atoms with Crippen LogP contribution in [0, 0.1) is 19.8 Å². The van der Waals surface area contributed by atoms with E-state index < -0.39 is 11.6 Å². The number of carbonyl (C=O) groups is 1. The van der Waals surface area contributed by atoms with E-state index in [-0.39, 0.29) is 23.7 Å². The SMILES string of the molecule is CCc1cc(CCC2(C3CCCC3)CC(O)=C(Cc3nc4nc(C)cc(C)n4n3)C(=O)O2)ccc1C1=C(C)CC=CO1. The standard InChI is InChI=1S/C34H40N4O4/c1-5-25-18-24(12-13-27(25)31-21(2)9-8-16-41-31)14-15-34(26-10-6-7-11-26)20-29(39)28(32(40)42-34)19-30-36-33-35-22(3)17-23(4)38(33)37-30/h8,12-13,16-18,26,39H,5-7,9-11,14-15,19-20H2,1-4H3. The second-order valence-corrected chi connectivity index (χ2v) is 12.1. The number of aryl methyl sites for hydroxylation is 4. The van der Waals surface area contributed by atoms with Gasteiger partial charge >= 0.3 is 5.97 Å². The van der Waals surface area contributed by atoms with Crippen molar-refractivity contribution in [3.8, 4) is 0 Å². The summed E-state index contributed by atoms with van der Waals surface area (Å²) < 4.78 is 13.9. The van der Waals surface area contributed by atoms with Gasteiger partial charge in [-0.25, -0.2) is 14.3 Å². The number of esters is 1. The maximum Gasteiger partial charge on any atom is 0.338 e. The average molecular weight is 569 g/mol. The summed E-state index contributed by atoms with van der Waals surface area (Å²) in [6, 6.07) is 8.52. The lowest BCUT2D eigenvalue weighted by atomic mass is 9.76. The highest BCUT2D eigenvalue weighted by Crippen LogP contribution is 2.46. The molecule has 1 saturated carbocycles. The number of aliphatic hydroxyl groups excluding tert-OH is 1. The molecule has 1 N–H and O–H groups in total. The molecule has 2 aromatic heterocycles. The number of nitrogens with zero attached hydrogens (tertiary/aromatic N) is 4. The summed E-state index contributed by atoms with van der Waals surface area (Å²) in [7, 11) is 0. The van der Waals surface area contributed by atoms with Crippen LogP contribution in [0.5, 0.6) is 0 Å². The molecule has 1 unspecified atom stereocenters. The van der Waals surface area contributed by atoms with Gasteiger partial charge in [-0.05, 0) is 94.1 Å². The predicted molar refractivity (Wildman–Crippen MR) is 161 cm³/mol. The van der Waals surface area contributed by atoms with Crippen LogP contribution >= 0.6 is 0 Å². The van der Waals surface area contributed by atoms with Gasteiger partial charge in [-0.2, -0.15) is 4.98 Å². The third-order valence-corrected chi connectivity index (χ3v) is 9.18. The number of hydrogen-bond acceptors (Lipinski definition) is 7. The quantitative estimate of drug-likeness (QED) is 0.297. The number of aromatic nitrogens is 4. The molecule has 1 aliphatic carbocycles. The van der Waals surface area contributed by atoms with E-state index in [1.54, 1.807) is 10.8 Å². The fourth-order valence-corrected chi connectivity index (χ4v) is 6.93. The largest absolute Gasteiger partial charge is 0.512 e. The van der Waals surface area contributed by atoms with Crippen LogP contribution in [-0.2, 0) is 33.5 Å². The molecule has 1 fully saturated rings. The Hall–Kier alpha value is -3.94. The molecule has 220 valence electrons. The number of ether oxygens (including phenoxy) is 2. The van der Waals surface area contributed by atoms with Crippen molar-refractivity contribution in [1.82, 2.24) is 19.6 Å². The summed E-state index contributed by atoms with van der Waals surface area (Å²) >= 11 is 0. The Morgan fingerprint density at radius 1 is 1.12 bits per heavy atom. The van der Waals surface area contributed by atoms with Crippen molar-refractivity contribution < 1.29 is 19.4 Å². The van der Waals surface area contributed by atoms with Gasteiger partial charge in [0.15, 0.2) is 5.82 Å². The lowest BCUT2D eigenvalue weighted by Gasteiger charge is -2.41. The maximum absolute atomic E-state index is 13.5. The predicted octanol–water partition coefficient (Wildman–Crippen LogP) is 6.83. The molecular weight excluding hydrogens is 528 g/mol. The molecule has 0 saturated heterocycles. The first-order valence-electron chi connectivity index (χ1n) is 15.2. The molecule has 0 bridgehead atoms. The minimum Gasteiger partial charge on any atom is -0.512 e. The topological polar surface area (TPSA) is 98.8 Å². The summed E-state index contributed by atoms with van der Waals surface area (Å²) in [5.74, 6) is 1.76. The van der Waals surface area contributed by atoms with Crippen molar-refractivity contribution in [3.05, 3.63) is 87.4 Å². The summed E-state index contributed by atoms with van der Waals surface area (Å²) in [6.07, 6.45) is 11.7. The highest BCUT2D eigenvalue weighted by atomic mass is 16.6. The Balaban J connectivity index is 1.24.